The Hall–Kier alpha value is -2.44. The molecule has 2 fully saturated rings. The molecule has 2 amide bonds. The summed E-state index contributed by atoms with van der Waals surface area (Å²) in [6.07, 6.45) is 3.72. The lowest BCUT2D eigenvalue weighted by Gasteiger charge is -2.31. The van der Waals surface area contributed by atoms with Crippen molar-refractivity contribution in [1.82, 2.24) is 9.88 Å². The molecule has 154 valence electrons. The highest BCUT2D eigenvalue weighted by molar-refractivity contribution is 7.18. The number of benzene rings is 2. The van der Waals surface area contributed by atoms with Crippen molar-refractivity contribution in [3.63, 3.8) is 0 Å². The van der Waals surface area contributed by atoms with Crippen molar-refractivity contribution in [2.75, 3.05) is 18.4 Å². The number of carbonyl (C=O) groups excluding carboxylic acids is 2. The summed E-state index contributed by atoms with van der Waals surface area (Å²) in [6, 6.07) is 13.1. The molecule has 1 aliphatic heterocycles. The molecule has 30 heavy (non-hydrogen) atoms. The lowest BCUT2D eigenvalue weighted by molar-refractivity contribution is -0.117. The molecule has 3 aromatic rings. The molecule has 1 aliphatic carbocycles. The number of aromatic nitrogens is 1. The van der Waals surface area contributed by atoms with Crippen molar-refractivity contribution in [2.45, 2.75) is 31.6 Å². The normalized spacial score (nSPS) is 17.3. The third-order valence-corrected chi connectivity index (χ3v) is 7.26. The lowest BCUT2D eigenvalue weighted by Crippen LogP contribution is -2.37. The van der Waals surface area contributed by atoms with Crippen LogP contribution in [0.5, 0.6) is 0 Å². The van der Waals surface area contributed by atoms with Gasteiger partial charge in [0.25, 0.3) is 5.91 Å². The Balaban J connectivity index is 1.23. The van der Waals surface area contributed by atoms with Crippen LogP contribution in [0.4, 0.5) is 5.69 Å². The highest BCUT2D eigenvalue weighted by Crippen LogP contribution is 2.35. The van der Waals surface area contributed by atoms with Crippen LogP contribution in [0.25, 0.3) is 10.2 Å². The molecule has 1 saturated carbocycles. The molecule has 7 heteroatoms. The van der Waals surface area contributed by atoms with E-state index >= 15 is 0 Å². The van der Waals surface area contributed by atoms with Gasteiger partial charge < -0.3 is 10.2 Å². The topological polar surface area (TPSA) is 62.3 Å². The number of carbonyl (C=O) groups is 2. The maximum Gasteiger partial charge on any atom is 0.253 e. The molecule has 0 spiro atoms. The Morgan fingerprint density at radius 3 is 2.63 bits per heavy atom. The highest BCUT2D eigenvalue weighted by Gasteiger charge is 2.30. The van der Waals surface area contributed by atoms with Gasteiger partial charge in [-0.2, -0.15) is 0 Å². The Bertz CT molecular complexity index is 1120. The van der Waals surface area contributed by atoms with Crippen LogP contribution in [0.1, 0.15) is 47.0 Å². The number of amides is 2. The van der Waals surface area contributed by atoms with Gasteiger partial charge in [-0.15, -0.1) is 11.3 Å². The zero-order valence-corrected chi connectivity index (χ0v) is 18.0. The molecule has 0 unspecified atom stereocenters. The third-order valence-electron chi connectivity index (χ3n) is 5.82. The second-order valence-electron chi connectivity index (χ2n) is 8.07. The standard InChI is InChI=1S/C23H22ClN3O2S/c24-17-6-7-20-19(13-17)26-22(30-20)15-8-10-27(11-9-15)23(29)16-2-1-3-18(12-16)25-21(28)14-4-5-14/h1-3,6-7,12-15H,4-5,8-11H2,(H,25,28). The lowest BCUT2D eigenvalue weighted by atomic mass is 9.97. The van der Waals surface area contributed by atoms with Crippen molar-refractivity contribution in [3.8, 4) is 0 Å². The smallest absolute Gasteiger partial charge is 0.253 e. The van der Waals surface area contributed by atoms with Crippen LogP contribution >= 0.6 is 22.9 Å². The zero-order valence-electron chi connectivity index (χ0n) is 16.4. The van der Waals surface area contributed by atoms with E-state index in [0.29, 0.717) is 35.3 Å². The third kappa shape index (κ3) is 4.07. The van der Waals surface area contributed by atoms with E-state index in [1.54, 1.807) is 17.4 Å². The minimum absolute atomic E-state index is 0.0204. The summed E-state index contributed by atoms with van der Waals surface area (Å²) >= 11 is 7.80. The molecule has 1 saturated heterocycles. The van der Waals surface area contributed by atoms with Crippen LogP contribution in [0.2, 0.25) is 5.02 Å². The van der Waals surface area contributed by atoms with E-state index in [-0.39, 0.29) is 17.7 Å². The van der Waals surface area contributed by atoms with Crippen LogP contribution in [-0.4, -0.2) is 34.8 Å². The van der Waals surface area contributed by atoms with E-state index in [1.165, 1.54) is 0 Å². The number of anilines is 1. The summed E-state index contributed by atoms with van der Waals surface area (Å²) in [4.78, 5) is 31.7. The van der Waals surface area contributed by atoms with E-state index in [9.17, 15) is 9.59 Å². The fraction of sp³-hybridized carbons (Fsp3) is 0.348. The Morgan fingerprint density at radius 1 is 1.07 bits per heavy atom. The number of nitrogens with zero attached hydrogens (tertiary/aromatic N) is 2. The van der Waals surface area contributed by atoms with E-state index in [1.807, 2.05) is 41.3 Å². The molecule has 5 rings (SSSR count). The van der Waals surface area contributed by atoms with Gasteiger partial charge in [0, 0.05) is 41.2 Å². The van der Waals surface area contributed by atoms with Gasteiger partial charge in [-0.3, -0.25) is 9.59 Å². The van der Waals surface area contributed by atoms with Crippen LogP contribution in [-0.2, 0) is 4.79 Å². The molecule has 0 bridgehead atoms. The average molecular weight is 440 g/mol. The number of likely N-dealkylation sites (tertiary alicyclic amines) is 1. The summed E-state index contributed by atoms with van der Waals surface area (Å²) in [5.74, 6) is 0.584. The van der Waals surface area contributed by atoms with Crippen molar-refractivity contribution in [3.05, 3.63) is 58.1 Å². The molecule has 2 aliphatic rings. The van der Waals surface area contributed by atoms with Crippen LogP contribution < -0.4 is 5.32 Å². The predicted octanol–water partition coefficient (Wildman–Crippen LogP) is 5.32. The summed E-state index contributed by atoms with van der Waals surface area (Å²) in [5, 5.41) is 4.75. The number of rotatable bonds is 4. The van der Waals surface area contributed by atoms with Crippen LogP contribution in [0.3, 0.4) is 0 Å². The van der Waals surface area contributed by atoms with Crippen molar-refractivity contribution >= 4 is 50.7 Å². The summed E-state index contributed by atoms with van der Waals surface area (Å²) in [6.45, 7) is 1.41. The van der Waals surface area contributed by atoms with Crippen molar-refractivity contribution in [2.24, 2.45) is 5.92 Å². The van der Waals surface area contributed by atoms with Crippen LogP contribution in [0.15, 0.2) is 42.5 Å². The van der Waals surface area contributed by atoms with Gasteiger partial charge in [-0.1, -0.05) is 17.7 Å². The van der Waals surface area contributed by atoms with Gasteiger partial charge in [-0.25, -0.2) is 4.98 Å². The van der Waals surface area contributed by atoms with E-state index < -0.39 is 0 Å². The van der Waals surface area contributed by atoms with Crippen LogP contribution in [0, 0.1) is 5.92 Å². The maximum atomic E-state index is 13.0. The first-order valence-electron chi connectivity index (χ1n) is 10.3. The largest absolute Gasteiger partial charge is 0.339 e. The second kappa shape index (κ2) is 8.00. The van der Waals surface area contributed by atoms with Gasteiger partial charge in [0.2, 0.25) is 5.91 Å². The molecule has 2 heterocycles. The number of hydrogen-bond acceptors (Lipinski definition) is 4. The summed E-state index contributed by atoms with van der Waals surface area (Å²) < 4.78 is 1.15. The molecule has 1 N–H and O–H groups in total. The summed E-state index contributed by atoms with van der Waals surface area (Å²) in [7, 11) is 0. The summed E-state index contributed by atoms with van der Waals surface area (Å²) in [5.41, 5.74) is 2.27. The zero-order chi connectivity index (χ0) is 20.7. The maximum absolute atomic E-state index is 13.0. The van der Waals surface area contributed by atoms with Gasteiger partial charge >= 0.3 is 0 Å². The molecular formula is C23H22ClN3O2S. The highest BCUT2D eigenvalue weighted by atomic mass is 35.5. The van der Waals surface area contributed by atoms with Crippen molar-refractivity contribution < 1.29 is 9.59 Å². The molecule has 1 aromatic heterocycles. The van der Waals surface area contributed by atoms with E-state index in [4.69, 9.17) is 16.6 Å². The van der Waals surface area contributed by atoms with Gasteiger partial charge in [0.05, 0.1) is 15.2 Å². The first kappa shape index (κ1) is 19.5. The number of hydrogen-bond donors (Lipinski definition) is 1. The first-order chi connectivity index (χ1) is 14.6. The minimum Gasteiger partial charge on any atom is -0.339 e. The predicted molar refractivity (Wildman–Crippen MR) is 120 cm³/mol. The second-order valence-corrected chi connectivity index (χ2v) is 9.57. The molecule has 0 radical (unpaired) electrons. The number of fused-ring (bicyclic) bond motifs is 1. The number of nitrogens with one attached hydrogen (secondary N) is 1. The average Bonchev–Trinajstić information content (AvgIpc) is 3.53. The fourth-order valence-electron chi connectivity index (χ4n) is 3.92. The Morgan fingerprint density at radius 2 is 1.87 bits per heavy atom. The SMILES string of the molecule is O=C(Nc1cccc(C(=O)N2CCC(c3nc4cc(Cl)ccc4s3)CC2)c1)C1CC1. The fourth-order valence-corrected chi connectivity index (χ4v) is 5.21. The van der Waals surface area contributed by atoms with E-state index in [0.717, 1.165) is 40.9 Å². The number of halogens is 1. The van der Waals surface area contributed by atoms with Gasteiger partial charge in [0.1, 0.15) is 0 Å². The molecule has 5 nitrogen and oxygen atoms in total. The monoisotopic (exact) mass is 439 g/mol. The van der Waals surface area contributed by atoms with Crippen molar-refractivity contribution in [1.29, 1.82) is 0 Å². The van der Waals surface area contributed by atoms with Gasteiger partial charge in [-0.05, 0) is 62.1 Å². The number of thiazole rings is 1. The van der Waals surface area contributed by atoms with Gasteiger partial charge in [0.15, 0.2) is 0 Å². The molecule has 0 atom stereocenters. The first-order valence-corrected chi connectivity index (χ1v) is 11.5. The quantitative estimate of drug-likeness (QED) is 0.598. The molecule has 2 aromatic carbocycles. The number of piperidine rings is 1. The van der Waals surface area contributed by atoms with E-state index in [2.05, 4.69) is 5.32 Å². The molecular weight excluding hydrogens is 418 g/mol. The Labute approximate surface area is 184 Å². The minimum atomic E-state index is 0.0204. The Kier molecular flexibility index (Phi) is 5.21.